The molecule has 0 saturated carbocycles. The van der Waals surface area contributed by atoms with E-state index in [2.05, 4.69) is 79.0 Å². The molecule has 124 valence electrons. The van der Waals surface area contributed by atoms with Gasteiger partial charge in [0.1, 0.15) is 0 Å². The maximum Gasteiger partial charge on any atom is 0.170 e. The number of rotatable bonds is 4. The largest absolute Gasteiger partial charge is 0.362 e. The molecule has 0 unspecified atom stereocenters. The zero-order valence-electron chi connectivity index (χ0n) is 14.4. The van der Waals surface area contributed by atoms with E-state index in [0.29, 0.717) is 5.11 Å². The molecule has 0 spiro atoms. The van der Waals surface area contributed by atoms with Crippen LogP contribution >= 0.6 is 12.2 Å². The third-order valence-electron chi connectivity index (χ3n) is 4.37. The van der Waals surface area contributed by atoms with Gasteiger partial charge in [0.05, 0.1) is 0 Å². The van der Waals surface area contributed by atoms with Crippen molar-refractivity contribution in [2.24, 2.45) is 0 Å². The number of nitrogens with one attached hydrogen (secondary N) is 3. The summed E-state index contributed by atoms with van der Waals surface area (Å²) in [4.78, 5) is 3.33. The van der Waals surface area contributed by atoms with Gasteiger partial charge in [-0.1, -0.05) is 17.7 Å². The summed E-state index contributed by atoms with van der Waals surface area (Å²) in [6.07, 6.45) is 3.02. The van der Waals surface area contributed by atoms with Gasteiger partial charge >= 0.3 is 0 Å². The Balaban J connectivity index is 1.56. The van der Waals surface area contributed by atoms with Crippen molar-refractivity contribution in [1.82, 2.24) is 10.3 Å². The highest BCUT2D eigenvalue weighted by Gasteiger charge is 2.04. The van der Waals surface area contributed by atoms with E-state index in [0.717, 1.165) is 18.7 Å². The molecule has 0 atom stereocenters. The van der Waals surface area contributed by atoms with E-state index in [1.165, 1.54) is 33.2 Å². The van der Waals surface area contributed by atoms with Crippen LogP contribution in [0.1, 0.15) is 22.3 Å². The molecule has 0 amide bonds. The normalized spacial score (nSPS) is 10.8. The summed E-state index contributed by atoms with van der Waals surface area (Å²) in [5, 5.41) is 8.50. The topological polar surface area (TPSA) is 39.9 Å². The molecule has 3 N–H and O–H groups in total. The van der Waals surface area contributed by atoms with E-state index in [4.69, 9.17) is 12.2 Å². The lowest BCUT2D eigenvalue weighted by atomic mass is 10.1. The SMILES string of the molecule is Cc1ccc2[nH]cc(CCNC(=S)Nc3ccc(C)c(C)c3)c2c1. The minimum Gasteiger partial charge on any atom is -0.362 e. The molecule has 24 heavy (non-hydrogen) atoms. The minimum absolute atomic E-state index is 0.661. The van der Waals surface area contributed by atoms with Crippen LogP contribution in [-0.4, -0.2) is 16.6 Å². The summed E-state index contributed by atoms with van der Waals surface area (Å²) in [7, 11) is 0. The summed E-state index contributed by atoms with van der Waals surface area (Å²) in [5.41, 5.74) is 7.36. The van der Waals surface area contributed by atoms with Crippen molar-refractivity contribution in [3.8, 4) is 0 Å². The second-order valence-corrected chi connectivity index (χ2v) is 6.70. The van der Waals surface area contributed by atoms with E-state index in [1.54, 1.807) is 0 Å². The lowest BCUT2D eigenvalue weighted by molar-refractivity contribution is 0.878. The number of thiocarbonyl (C=S) groups is 1. The molecule has 3 nitrogen and oxygen atoms in total. The van der Waals surface area contributed by atoms with Crippen LogP contribution < -0.4 is 10.6 Å². The summed E-state index contributed by atoms with van der Waals surface area (Å²) >= 11 is 5.39. The molecule has 3 aromatic rings. The number of aromatic nitrogens is 1. The van der Waals surface area contributed by atoms with Crippen molar-refractivity contribution in [2.75, 3.05) is 11.9 Å². The van der Waals surface area contributed by atoms with Gasteiger partial charge in [0.2, 0.25) is 0 Å². The number of hydrogen-bond acceptors (Lipinski definition) is 1. The Hall–Kier alpha value is -2.33. The van der Waals surface area contributed by atoms with Gasteiger partial charge in [-0.25, -0.2) is 0 Å². The van der Waals surface area contributed by atoms with Crippen molar-refractivity contribution < 1.29 is 0 Å². The number of aromatic amines is 1. The van der Waals surface area contributed by atoms with E-state index in [9.17, 15) is 0 Å². The Morgan fingerprint density at radius 1 is 1.04 bits per heavy atom. The Labute approximate surface area is 148 Å². The highest BCUT2D eigenvalue weighted by Crippen LogP contribution is 2.20. The Bertz CT molecular complexity index is 880. The smallest absolute Gasteiger partial charge is 0.170 e. The predicted octanol–water partition coefficient (Wildman–Crippen LogP) is 4.62. The van der Waals surface area contributed by atoms with Crippen LogP contribution in [-0.2, 0) is 6.42 Å². The van der Waals surface area contributed by atoms with E-state index >= 15 is 0 Å². The first-order chi connectivity index (χ1) is 11.5. The van der Waals surface area contributed by atoms with Gasteiger partial charge in [-0.3, -0.25) is 0 Å². The summed E-state index contributed by atoms with van der Waals surface area (Å²) in [6, 6.07) is 12.8. The standard InChI is InChI=1S/C20H23N3S/c1-13-4-7-19-18(10-13)16(12-22-19)8-9-21-20(24)23-17-6-5-14(2)15(3)11-17/h4-7,10-12,22H,8-9H2,1-3H3,(H2,21,23,24). The van der Waals surface area contributed by atoms with Crippen molar-refractivity contribution in [1.29, 1.82) is 0 Å². The van der Waals surface area contributed by atoms with Gasteiger partial charge in [-0.05, 0) is 80.4 Å². The molecule has 0 aliphatic rings. The molecule has 0 aliphatic carbocycles. The zero-order valence-corrected chi connectivity index (χ0v) is 15.2. The van der Waals surface area contributed by atoms with Gasteiger partial charge in [-0.15, -0.1) is 0 Å². The van der Waals surface area contributed by atoms with E-state index in [1.807, 2.05) is 0 Å². The van der Waals surface area contributed by atoms with Crippen LogP contribution in [0.25, 0.3) is 10.9 Å². The summed E-state index contributed by atoms with van der Waals surface area (Å²) in [6.45, 7) is 7.14. The first-order valence-electron chi connectivity index (χ1n) is 8.21. The van der Waals surface area contributed by atoms with Crippen LogP contribution in [0.15, 0.2) is 42.6 Å². The lowest BCUT2D eigenvalue weighted by Crippen LogP contribution is -2.30. The number of aryl methyl sites for hydroxylation is 3. The molecule has 4 heteroatoms. The molecule has 0 bridgehead atoms. The van der Waals surface area contributed by atoms with Gasteiger partial charge < -0.3 is 15.6 Å². The van der Waals surface area contributed by atoms with Crippen molar-refractivity contribution in [2.45, 2.75) is 27.2 Å². The summed E-state index contributed by atoms with van der Waals surface area (Å²) in [5.74, 6) is 0. The van der Waals surface area contributed by atoms with Crippen molar-refractivity contribution in [3.63, 3.8) is 0 Å². The average molecular weight is 337 g/mol. The number of benzene rings is 2. The van der Waals surface area contributed by atoms with Crippen LogP contribution in [0, 0.1) is 20.8 Å². The fourth-order valence-electron chi connectivity index (χ4n) is 2.80. The van der Waals surface area contributed by atoms with Gasteiger partial charge in [0.25, 0.3) is 0 Å². The predicted molar refractivity (Wildman–Crippen MR) is 107 cm³/mol. The van der Waals surface area contributed by atoms with Gasteiger partial charge in [0, 0.05) is 29.3 Å². The van der Waals surface area contributed by atoms with Crippen molar-refractivity contribution >= 4 is 33.9 Å². The molecule has 0 aliphatic heterocycles. The Morgan fingerprint density at radius 3 is 2.67 bits per heavy atom. The molecule has 0 saturated heterocycles. The summed E-state index contributed by atoms with van der Waals surface area (Å²) < 4.78 is 0. The molecule has 1 aromatic heterocycles. The molecule has 0 radical (unpaired) electrons. The zero-order chi connectivity index (χ0) is 17.1. The first kappa shape index (κ1) is 16.5. The average Bonchev–Trinajstić information content (AvgIpc) is 2.93. The third kappa shape index (κ3) is 3.77. The number of anilines is 1. The molecular formula is C20H23N3S. The lowest BCUT2D eigenvalue weighted by Gasteiger charge is -2.11. The third-order valence-corrected chi connectivity index (χ3v) is 4.61. The number of H-pyrrole nitrogens is 1. The molecule has 2 aromatic carbocycles. The van der Waals surface area contributed by atoms with Crippen LogP contribution in [0.2, 0.25) is 0 Å². The van der Waals surface area contributed by atoms with E-state index < -0.39 is 0 Å². The number of fused-ring (bicyclic) bond motifs is 1. The fraction of sp³-hybridized carbons (Fsp3) is 0.250. The monoisotopic (exact) mass is 337 g/mol. The maximum atomic E-state index is 5.39. The highest BCUT2D eigenvalue weighted by atomic mass is 32.1. The molecule has 0 fully saturated rings. The molecule has 3 rings (SSSR count). The highest BCUT2D eigenvalue weighted by molar-refractivity contribution is 7.80. The molecular weight excluding hydrogens is 314 g/mol. The second kappa shape index (κ2) is 7.05. The Kier molecular flexibility index (Phi) is 4.86. The quantitative estimate of drug-likeness (QED) is 0.608. The fourth-order valence-corrected chi connectivity index (χ4v) is 3.02. The second-order valence-electron chi connectivity index (χ2n) is 6.29. The van der Waals surface area contributed by atoms with Crippen LogP contribution in [0.4, 0.5) is 5.69 Å². The van der Waals surface area contributed by atoms with Crippen molar-refractivity contribution in [3.05, 3.63) is 64.8 Å². The van der Waals surface area contributed by atoms with E-state index in [-0.39, 0.29) is 0 Å². The number of hydrogen-bond donors (Lipinski definition) is 3. The van der Waals surface area contributed by atoms with Crippen LogP contribution in [0.5, 0.6) is 0 Å². The Morgan fingerprint density at radius 2 is 1.88 bits per heavy atom. The minimum atomic E-state index is 0.661. The van der Waals surface area contributed by atoms with Gasteiger partial charge in [0.15, 0.2) is 5.11 Å². The first-order valence-corrected chi connectivity index (χ1v) is 8.62. The molecule has 1 heterocycles. The van der Waals surface area contributed by atoms with Gasteiger partial charge in [-0.2, -0.15) is 0 Å². The van der Waals surface area contributed by atoms with Crippen LogP contribution in [0.3, 0.4) is 0 Å². The maximum absolute atomic E-state index is 5.39.